The summed E-state index contributed by atoms with van der Waals surface area (Å²) in [6.07, 6.45) is 1.72. The summed E-state index contributed by atoms with van der Waals surface area (Å²) in [4.78, 5) is 31.3. The molecule has 150 valence electrons. The van der Waals surface area contributed by atoms with Crippen molar-refractivity contribution in [3.63, 3.8) is 0 Å². The first kappa shape index (κ1) is 20.3. The average molecular weight is 390 g/mol. The second-order valence-electron chi connectivity index (χ2n) is 7.34. The van der Waals surface area contributed by atoms with Crippen molar-refractivity contribution in [3.8, 4) is 5.82 Å². The zero-order chi connectivity index (χ0) is 21.1. The van der Waals surface area contributed by atoms with Crippen LogP contribution in [0, 0.1) is 27.7 Å². The molecular weight excluding hydrogens is 364 g/mol. The van der Waals surface area contributed by atoms with Crippen molar-refractivity contribution in [2.24, 2.45) is 0 Å². The van der Waals surface area contributed by atoms with Gasteiger partial charge in [-0.05, 0) is 63.1 Å². The molecule has 29 heavy (non-hydrogen) atoms. The maximum atomic E-state index is 13.0. The fourth-order valence-electron chi connectivity index (χ4n) is 3.37. The van der Waals surface area contributed by atoms with Crippen molar-refractivity contribution in [2.75, 3.05) is 18.9 Å². The monoisotopic (exact) mass is 390 g/mol. The molecule has 6 nitrogen and oxygen atoms in total. The molecule has 3 rings (SSSR count). The van der Waals surface area contributed by atoms with Crippen LogP contribution in [-0.4, -0.2) is 39.9 Å². The molecule has 1 aromatic carbocycles. The molecule has 0 saturated heterocycles. The van der Waals surface area contributed by atoms with E-state index in [0.717, 1.165) is 34.0 Å². The van der Waals surface area contributed by atoms with Crippen molar-refractivity contribution in [3.05, 3.63) is 76.7 Å². The number of hydrogen-bond acceptors (Lipinski definition) is 3. The molecule has 2 heterocycles. The number of amides is 2. The largest absolute Gasteiger partial charge is 0.332 e. The lowest BCUT2D eigenvalue weighted by Crippen LogP contribution is -2.35. The molecule has 0 saturated carbocycles. The maximum Gasteiger partial charge on any atom is 0.255 e. The molecule has 3 aromatic rings. The molecule has 6 heteroatoms. The van der Waals surface area contributed by atoms with Gasteiger partial charge in [-0.25, -0.2) is 4.98 Å². The minimum Gasteiger partial charge on any atom is -0.332 e. The highest BCUT2D eigenvalue weighted by molar-refractivity contribution is 6.00. The molecule has 0 unspecified atom stereocenters. The highest BCUT2D eigenvalue weighted by Crippen LogP contribution is 2.21. The third kappa shape index (κ3) is 4.37. The second-order valence-corrected chi connectivity index (χ2v) is 7.34. The minimum absolute atomic E-state index is 0.0283. The van der Waals surface area contributed by atoms with Crippen molar-refractivity contribution < 1.29 is 9.59 Å². The zero-order valence-electron chi connectivity index (χ0n) is 17.5. The first-order valence-corrected chi connectivity index (χ1v) is 9.51. The fraction of sp³-hybridized carbons (Fsp3) is 0.261. The number of benzene rings is 1. The van der Waals surface area contributed by atoms with Crippen molar-refractivity contribution >= 4 is 17.5 Å². The number of carbonyl (C=O) groups excluding carboxylic acids is 2. The van der Waals surface area contributed by atoms with Gasteiger partial charge in [0, 0.05) is 30.3 Å². The van der Waals surface area contributed by atoms with E-state index in [1.54, 1.807) is 13.2 Å². The van der Waals surface area contributed by atoms with Gasteiger partial charge in [-0.1, -0.05) is 18.2 Å². The van der Waals surface area contributed by atoms with Gasteiger partial charge in [0.15, 0.2) is 0 Å². The van der Waals surface area contributed by atoms with Crippen LogP contribution in [0.3, 0.4) is 0 Å². The van der Waals surface area contributed by atoms with E-state index in [4.69, 9.17) is 0 Å². The summed E-state index contributed by atoms with van der Waals surface area (Å²) in [5.74, 6) is 0.335. The minimum atomic E-state index is -0.229. The predicted octanol–water partition coefficient (Wildman–Crippen LogP) is 3.82. The van der Waals surface area contributed by atoms with Crippen molar-refractivity contribution in [2.45, 2.75) is 27.7 Å². The summed E-state index contributed by atoms with van der Waals surface area (Å²) in [7, 11) is 1.64. The molecule has 0 aliphatic rings. The van der Waals surface area contributed by atoms with E-state index < -0.39 is 0 Å². The van der Waals surface area contributed by atoms with Gasteiger partial charge in [0.2, 0.25) is 5.91 Å². The molecule has 2 aromatic heterocycles. The van der Waals surface area contributed by atoms with Crippen LogP contribution in [0.5, 0.6) is 0 Å². The van der Waals surface area contributed by atoms with Gasteiger partial charge in [0.1, 0.15) is 5.82 Å². The van der Waals surface area contributed by atoms with Crippen LogP contribution in [0.15, 0.2) is 48.7 Å². The molecule has 0 radical (unpaired) electrons. The quantitative estimate of drug-likeness (QED) is 0.720. The normalized spacial score (nSPS) is 10.7. The Morgan fingerprint density at radius 1 is 1.07 bits per heavy atom. The third-order valence-electron chi connectivity index (χ3n) is 4.93. The third-order valence-corrected chi connectivity index (χ3v) is 4.93. The highest BCUT2D eigenvalue weighted by Gasteiger charge is 2.21. The van der Waals surface area contributed by atoms with Crippen LogP contribution >= 0.6 is 0 Å². The highest BCUT2D eigenvalue weighted by atomic mass is 16.2. The summed E-state index contributed by atoms with van der Waals surface area (Å²) in [5, 5.41) is 2.90. The molecule has 2 amide bonds. The number of nitrogens with zero attached hydrogens (tertiary/aromatic N) is 3. The summed E-state index contributed by atoms with van der Waals surface area (Å²) in [6, 6.07) is 13.4. The smallest absolute Gasteiger partial charge is 0.255 e. The summed E-state index contributed by atoms with van der Waals surface area (Å²) in [6.45, 7) is 7.71. The molecule has 0 atom stereocenters. The Bertz CT molecular complexity index is 1050. The van der Waals surface area contributed by atoms with Gasteiger partial charge in [-0.3, -0.25) is 9.59 Å². The van der Waals surface area contributed by atoms with Gasteiger partial charge in [-0.15, -0.1) is 0 Å². The molecule has 1 N–H and O–H groups in total. The Labute approximate surface area is 171 Å². The van der Waals surface area contributed by atoms with E-state index in [0.29, 0.717) is 5.56 Å². The first-order chi connectivity index (χ1) is 13.8. The van der Waals surface area contributed by atoms with Crippen molar-refractivity contribution in [1.29, 1.82) is 0 Å². The SMILES string of the molecule is Cc1ccc(C)c(NC(=O)CN(C)C(=O)c2cc(C)n(-c3ccccn3)c2C)c1. The number of hydrogen-bond donors (Lipinski definition) is 1. The van der Waals surface area contributed by atoms with Crippen LogP contribution < -0.4 is 5.32 Å². The molecule has 0 aliphatic heterocycles. The molecule has 0 spiro atoms. The number of rotatable bonds is 5. The maximum absolute atomic E-state index is 13.0. The molecular formula is C23H26N4O2. The average Bonchev–Trinajstić information content (AvgIpc) is 2.98. The van der Waals surface area contributed by atoms with Gasteiger partial charge in [0.25, 0.3) is 5.91 Å². The van der Waals surface area contributed by atoms with Crippen LogP contribution in [0.25, 0.3) is 5.82 Å². The van der Waals surface area contributed by atoms with Crippen LogP contribution in [-0.2, 0) is 4.79 Å². The Balaban J connectivity index is 1.75. The van der Waals surface area contributed by atoms with E-state index in [2.05, 4.69) is 10.3 Å². The Morgan fingerprint density at radius 3 is 2.52 bits per heavy atom. The van der Waals surface area contributed by atoms with Crippen molar-refractivity contribution in [1.82, 2.24) is 14.5 Å². The summed E-state index contributed by atoms with van der Waals surface area (Å²) in [5.41, 5.74) is 5.10. The van der Waals surface area contributed by atoms with Crippen LogP contribution in [0.2, 0.25) is 0 Å². The lowest BCUT2D eigenvalue weighted by molar-refractivity contribution is -0.116. The number of anilines is 1. The predicted molar refractivity (Wildman–Crippen MR) is 115 cm³/mol. The first-order valence-electron chi connectivity index (χ1n) is 9.51. The summed E-state index contributed by atoms with van der Waals surface area (Å²) < 4.78 is 1.94. The lowest BCUT2D eigenvalue weighted by atomic mass is 10.1. The Kier molecular flexibility index (Phi) is 5.82. The van der Waals surface area contributed by atoms with Gasteiger partial charge in [-0.2, -0.15) is 0 Å². The zero-order valence-corrected chi connectivity index (χ0v) is 17.5. The number of nitrogens with one attached hydrogen (secondary N) is 1. The summed E-state index contributed by atoms with van der Waals surface area (Å²) >= 11 is 0. The number of likely N-dealkylation sites (N-methyl/N-ethyl adjacent to an activating group) is 1. The fourth-order valence-corrected chi connectivity index (χ4v) is 3.37. The molecule has 0 aliphatic carbocycles. The van der Waals surface area contributed by atoms with E-state index >= 15 is 0 Å². The number of carbonyl (C=O) groups is 2. The van der Waals surface area contributed by atoms with E-state index in [-0.39, 0.29) is 18.4 Å². The number of aryl methyl sites for hydroxylation is 3. The van der Waals surface area contributed by atoms with Gasteiger partial charge in [0.05, 0.1) is 12.1 Å². The Hall–Kier alpha value is -3.41. The van der Waals surface area contributed by atoms with E-state index in [9.17, 15) is 9.59 Å². The van der Waals surface area contributed by atoms with E-state index in [1.165, 1.54) is 4.90 Å². The molecule has 0 fully saturated rings. The van der Waals surface area contributed by atoms with E-state index in [1.807, 2.05) is 74.7 Å². The topological polar surface area (TPSA) is 67.2 Å². The lowest BCUT2D eigenvalue weighted by Gasteiger charge is -2.18. The Morgan fingerprint density at radius 2 is 1.83 bits per heavy atom. The standard InChI is InChI=1S/C23H26N4O2/c1-15-9-10-16(2)20(12-15)25-22(28)14-26(5)23(29)19-13-17(3)27(18(19)4)21-8-6-7-11-24-21/h6-13H,14H2,1-5H3,(H,25,28). The number of aromatic nitrogens is 2. The van der Waals surface area contributed by atoms with Crippen LogP contribution in [0.1, 0.15) is 32.9 Å². The van der Waals surface area contributed by atoms with Crippen LogP contribution in [0.4, 0.5) is 5.69 Å². The molecule has 0 bridgehead atoms. The number of pyridine rings is 1. The van der Waals surface area contributed by atoms with Gasteiger partial charge < -0.3 is 14.8 Å². The van der Waals surface area contributed by atoms with Gasteiger partial charge >= 0.3 is 0 Å². The second kappa shape index (κ2) is 8.31.